The molecule has 0 N–H and O–H groups in total. The van der Waals surface area contributed by atoms with Crippen molar-refractivity contribution in [1.29, 1.82) is 0 Å². The Labute approximate surface area is 165 Å². The Balaban J connectivity index is 2.05. The van der Waals surface area contributed by atoms with Crippen molar-refractivity contribution < 1.29 is 19.0 Å². The lowest BCUT2D eigenvalue weighted by atomic mass is 10.3. The number of thiazole rings is 1. The molecule has 3 aromatic rings. The first kappa shape index (κ1) is 19.3. The van der Waals surface area contributed by atoms with Gasteiger partial charge in [-0.1, -0.05) is 17.4 Å². The number of amides is 1. The zero-order chi connectivity index (χ0) is 19.2. The molecule has 0 radical (unpaired) electrons. The van der Waals surface area contributed by atoms with Gasteiger partial charge in [0.15, 0.2) is 16.3 Å². The van der Waals surface area contributed by atoms with Gasteiger partial charge in [-0.25, -0.2) is 0 Å². The molecule has 1 amide bonds. The van der Waals surface area contributed by atoms with Crippen LogP contribution in [0.4, 0.5) is 0 Å². The molecule has 2 heterocycles. The van der Waals surface area contributed by atoms with Crippen molar-refractivity contribution in [3.05, 3.63) is 45.4 Å². The maximum absolute atomic E-state index is 12.3. The predicted octanol–water partition coefficient (Wildman–Crippen LogP) is 3.57. The van der Waals surface area contributed by atoms with Crippen molar-refractivity contribution in [2.24, 2.45) is 4.99 Å². The third kappa shape index (κ3) is 4.47. The molecular weight excluding hydrogens is 384 g/mol. The summed E-state index contributed by atoms with van der Waals surface area (Å²) < 4.78 is 18.9. The summed E-state index contributed by atoms with van der Waals surface area (Å²) in [6.45, 7) is 1.08. The molecule has 0 atom stereocenters. The Kier molecular flexibility index (Phi) is 6.44. The average Bonchev–Trinajstić information content (AvgIpc) is 3.31. The maximum atomic E-state index is 12.3. The van der Waals surface area contributed by atoms with Crippen LogP contribution in [-0.2, 0) is 16.1 Å². The van der Waals surface area contributed by atoms with Crippen LogP contribution in [0.2, 0.25) is 0 Å². The Bertz CT molecular complexity index is 1020. The van der Waals surface area contributed by atoms with E-state index in [0.717, 1.165) is 15.1 Å². The standard InChI is InChI=1S/C19H20N2O4S2/c1-23-9-8-21-14-11-15(24-2)16(25-3)12-17(14)27-19(21)20-18(22)7-6-13-5-4-10-26-13/h4-7,10-12H,8-9H2,1-3H3. The van der Waals surface area contributed by atoms with Crippen molar-refractivity contribution in [3.8, 4) is 11.5 Å². The fourth-order valence-electron chi connectivity index (χ4n) is 2.55. The molecule has 0 saturated heterocycles. The van der Waals surface area contributed by atoms with E-state index in [1.165, 1.54) is 17.4 Å². The molecule has 142 valence electrons. The minimum absolute atomic E-state index is 0.306. The summed E-state index contributed by atoms with van der Waals surface area (Å²) in [6.07, 6.45) is 3.26. The van der Waals surface area contributed by atoms with Crippen LogP contribution < -0.4 is 14.3 Å². The van der Waals surface area contributed by atoms with E-state index >= 15 is 0 Å². The molecule has 1 aromatic carbocycles. The number of methoxy groups -OCH3 is 3. The fraction of sp³-hybridized carbons (Fsp3) is 0.263. The molecule has 0 fully saturated rings. The van der Waals surface area contributed by atoms with Crippen molar-refractivity contribution in [1.82, 2.24) is 4.57 Å². The van der Waals surface area contributed by atoms with E-state index in [-0.39, 0.29) is 5.91 Å². The van der Waals surface area contributed by atoms with Gasteiger partial charge in [0.05, 0.1) is 31.0 Å². The molecule has 0 aliphatic rings. The molecule has 0 unspecified atom stereocenters. The van der Waals surface area contributed by atoms with Crippen molar-refractivity contribution >= 4 is 44.9 Å². The topological polar surface area (TPSA) is 62.1 Å². The monoisotopic (exact) mass is 404 g/mol. The number of carbonyl (C=O) groups is 1. The van der Waals surface area contributed by atoms with Crippen LogP contribution in [0.25, 0.3) is 16.3 Å². The molecule has 27 heavy (non-hydrogen) atoms. The van der Waals surface area contributed by atoms with Gasteiger partial charge in [0.2, 0.25) is 0 Å². The lowest BCUT2D eigenvalue weighted by molar-refractivity contribution is -0.113. The van der Waals surface area contributed by atoms with Crippen LogP contribution in [0.15, 0.2) is 40.7 Å². The quantitative estimate of drug-likeness (QED) is 0.565. The zero-order valence-electron chi connectivity index (χ0n) is 15.3. The second kappa shape index (κ2) is 8.98. The lowest BCUT2D eigenvalue weighted by Gasteiger charge is -2.09. The summed E-state index contributed by atoms with van der Waals surface area (Å²) in [5, 5.41) is 1.97. The van der Waals surface area contributed by atoms with Gasteiger partial charge in [0.1, 0.15) is 0 Å². The van der Waals surface area contributed by atoms with Gasteiger partial charge in [-0.05, 0) is 17.5 Å². The Morgan fingerprint density at radius 3 is 2.67 bits per heavy atom. The highest BCUT2D eigenvalue weighted by molar-refractivity contribution is 7.16. The smallest absolute Gasteiger partial charge is 0.272 e. The molecular formula is C19H20N2O4S2. The van der Waals surface area contributed by atoms with Crippen LogP contribution in [0.3, 0.4) is 0 Å². The number of fused-ring (bicyclic) bond motifs is 1. The summed E-state index contributed by atoms with van der Waals surface area (Å²) in [4.78, 5) is 18.2. The third-order valence-corrected chi connectivity index (χ3v) is 5.72. The molecule has 0 spiro atoms. The summed E-state index contributed by atoms with van der Waals surface area (Å²) in [5.41, 5.74) is 0.920. The first-order valence-electron chi connectivity index (χ1n) is 8.21. The largest absolute Gasteiger partial charge is 0.493 e. The molecule has 0 saturated carbocycles. The van der Waals surface area contributed by atoms with Crippen LogP contribution in [0.1, 0.15) is 4.88 Å². The molecule has 0 bridgehead atoms. The second-order valence-electron chi connectivity index (χ2n) is 5.50. The number of hydrogen-bond acceptors (Lipinski definition) is 6. The number of carbonyl (C=O) groups excluding carboxylic acids is 1. The van der Waals surface area contributed by atoms with Gasteiger partial charge < -0.3 is 18.8 Å². The molecule has 0 aliphatic carbocycles. The number of rotatable bonds is 7. The number of nitrogens with zero attached hydrogens (tertiary/aromatic N) is 2. The van der Waals surface area contributed by atoms with E-state index in [1.54, 1.807) is 38.7 Å². The Morgan fingerprint density at radius 2 is 2.00 bits per heavy atom. The first-order chi connectivity index (χ1) is 13.2. The van der Waals surface area contributed by atoms with Crippen LogP contribution in [0.5, 0.6) is 11.5 Å². The summed E-state index contributed by atoms with van der Waals surface area (Å²) in [6, 6.07) is 7.68. The van der Waals surface area contributed by atoms with Crippen LogP contribution in [-0.4, -0.2) is 38.4 Å². The Hall–Kier alpha value is -2.42. The van der Waals surface area contributed by atoms with Gasteiger partial charge in [-0.2, -0.15) is 4.99 Å². The van der Waals surface area contributed by atoms with Crippen molar-refractivity contribution in [2.75, 3.05) is 27.9 Å². The first-order valence-corrected chi connectivity index (χ1v) is 9.90. The SMILES string of the molecule is COCCn1c(=NC(=O)C=Cc2cccs2)sc2cc(OC)c(OC)cc21. The zero-order valence-corrected chi connectivity index (χ0v) is 16.9. The van der Waals surface area contributed by atoms with Crippen molar-refractivity contribution in [2.45, 2.75) is 6.54 Å². The minimum Gasteiger partial charge on any atom is -0.493 e. The minimum atomic E-state index is -0.306. The molecule has 0 aliphatic heterocycles. The fourth-order valence-corrected chi connectivity index (χ4v) is 4.24. The highest BCUT2D eigenvalue weighted by atomic mass is 32.1. The highest BCUT2D eigenvalue weighted by Gasteiger charge is 2.13. The van der Waals surface area contributed by atoms with E-state index in [4.69, 9.17) is 14.2 Å². The van der Waals surface area contributed by atoms with Crippen LogP contribution in [0, 0.1) is 0 Å². The van der Waals surface area contributed by atoms with Crippen LogP contribution >= 0.6 is 22.7 Å². The normalized spacial score (nSPS) is 12.2. The van der Waals surface area contributed by atoms with E-state index in [9.17, 15) is 4.79 Å². The second-order valence-corrected chi connectivity index (χ2v) is 7.49. The number of aromatic nitrogens is 1. The van der Waals surface area contributed by atoms with E-state index in [0.29, 0.717) is 29.5 Å². The molecule has 2 aromatic heterocycles. The van der Waals surface area contributed by atoms with E-state index in [1.807, 2.05) is 34.2 Å². The Morgan fingerprint density at radius 1 is 1.22 bits per heavy atom. The molecule has 6 nitrogen and oxygen atoms in total. The molecule has 8 heteroatoms. The van der Waals surface area contributed by atoms with Gasteiger partial charge in [-0.15, -0.1) is 11.3 Å². The van der Waals surface area contributed by atoms with Crippen molar-refractivity contribution in [3.63, 3.8) is 0 Å². The summed E-state index contributed by atoms with van der Waals surface area (Å²) in [5.74, 6) is 0.963. The predicted molar refractivity (Wildman–Crippen MR) is 109 cm³/mol. The van der Waals surface area contributed by atoms with E-state index in [2.05, 4.69) is 4.99 Å². The number of benzene rings is 1. The van der Waals surface area contributed by atoms with E-state index < -0.39 is 0 Å². The van der Waals surface area contributed by atoms with Gasteiger partial charge in [0, 0.05) is 36.7 Å². The highest BCUT2D eigenvalue weighted by Crippen LogP contribution is 2.33. The maximum Gasteiger partial charge on any atom is 0.272 e. The summed E-state index contributed by atoms with van der Waals surface area (Å²) in [7, 11) is 4.84. The number of hydrogen-bond donors (Lipinski definition) is 0. The third-order valence-electron chi connectivity index (χ3n) is 3.85. The van der Waals surface area contributed by atoms with Gasteiger partial charge >= 0.3 is 0 Å². The molecule has 3 rings (SSSR count). The number of ether oxygens (including phenoxy) is 3. The van der Waals surface area contributed by atoms with Gasteiger partial charge in [0.25, 0.3) is 5.91 Å². The average molecular weight is 405 g/mol. The lowest BCUT2D eigenvalue weighted by Crippen LogP contribution is -2.19. The van der Waals surface area contributed by atoms with Gasteiger partial charge in [-0.3, -0.25) is 4.79 Å². The summed E-state index contributed by atoms with van der Waals surface area (Å²) >= 11 is 3.00. The number of thiophene rings is 1.